The van der Waals surface area contributed by atoms with Crippen LogP contribution in [-0.4, -0.2) is 25.2 Å². The minimum absolute atomic E-state index is 0.101. The van der Waals surface area contributed by atoms with Gasteiger partial charge in [0.05, 0.1) is 7.11 Å². The summed E-state index contributed by atoms with van der Waals surface area (Å²) in [6, 6.07) is 0. The van der Waals surface area contributed by atoms with E-state index in [1.807, 2.05) is 6.08 Å². The quantitative estimate of drug-likeness (QED) is 0.626. The molecule has 3 nitrogen and oxygen atoms in total. The molecule has 0 aromatic carbocycles. The van der Waals surface area contributed by atoms with E-state index in [0.717, 1.165) is 25.7 Å². The second-order valence-corrected chi connectivity index (χ2v) is 5.93. The maximum Gasteiger partial charge on any atom is 0.326 e. The normalized spacial score (nSPS) is 21.2. The van der Waals surface area contributed by atoms with E-state index in [1.54, 1.807) is 0 Å². The molecular weight excluding hydrogens is 250 g/mol. The summed E-state index contributed by atoms with van der Waals surface area (Å²) in [6.07, 6.45) is 14.8. The topological polar surface area (TPSA) is 38.3 Å². The van der Waals surface area contributed by atoms with Crippen LogP contribution in [0.4, 0.5) is 0 Å². The fourth-order valence-corrected chi connectivity index (χ4v) is 3.13. The lowest BCUT2D eigenvalue weighted by Crippen LogP contribution is -2.52. The van der Waals surface area contributed by atoms with E-state index in [1.165, 1.54) is 52.1 Å². The number of carbonyl (C=O) groups excluding carboxylic acids is 1. The van der Waals surface area contributed by atoms with Crippen molar-refractivity contribution < 1.29 is 9.53 Å². The van der Waals surface area contributed by atoms with Crippen LogP contribution < -0.4 is 5.32 Å². The molecule has 0 saturated heterocycles. The van der Waals surface area contributed by atoms with Crippen molar-refractivity contribution in [3.63, 3.8) is 0 Å². The SMILES string of the molecule is C=CCNC1(C(=O)OC)CCCCCCCCCCC1. The van der Waals surface area contributed by atoms with Crippen molar-refractivity contribution in [2.45, 2.75) is 76.2 Å². The summed E-state index contributed by atoms with van der Waals surface area (Å²) in [7, 11) is 1.50. The van der Waals surface area contributed by atoms with Crippen molar-refractivity contribution >= 4 is 5.97 Å². The third-order valence-electron chi connectivity index (χ3n) is 4.37. The molecule has 0 atom stereocenters. The van der Waals surface area contributed by atoms with Gasteiger partial charge in [0.25, 0.3) is 0 Å². The Morgan fingerprint density at radius 1 is 1.05 bits per heavy atom. The van der Waals surface area contributed by atoms with E-state index >= 15 is 0 Å². The van der Waals surface area contributed by atoms with Crippen LogP contribution in [0, 0.1) is 0 Å². The zero-order chi connectivity index (χ0) is 14.7. The predicted octanol–water partition coefficient (Wildman–Crippen LogP) is 3.98. The zero-order valence-electron chi connectivity index (χ0n) is 13.1. The van der Waals surface area contributed by atoms with Crippen LogP contribution in [0.2, 0.25) is 0 Å². The highest BCUT2D eigenvalue weighted by Crippen LogP contribution is 2.26. The number of methoxy groups -OCH3 is 1. The van der Waals surface area contributed by atoms with Gasteiger partial charge >= 0.3 is 5.97 Å². The first-order valence-electron chi connectivity index (χ1n) is 8.19. The number of nitrogens with one attached hydrogen (secondary N) is 1. The minimum atomic E-state index is -0.498. The largest absolute Gasteiger partial charge is 0.468 e. The van der Waals surface area contributed by atoms with Gasteiger partial charge in [0.1, 0.15) is 5.54 Å². The van der Waals surface area contributed by atoms with Crippen LogP contribution in [0.3, 0.4) is 0 Å². The van der Waals surface area contributed by atoms with Crippen molar-refractivity contribution in [3.05, 3.63) is 12.7 Å². The van der Waals surface area contributed by atoms with Gasteiger partial charge in [0.2, 0.25) is 0 Å². The van der Waals surface area contributed by atoms with E-state index in [0.29, 0.717) is 6.54 Å². The number of hydrogen-bond acceptors (Lipinski definition) is 3. The molecule has 1 saturated carbocycles. The monoisotopic (exact) mass is 281 g/mol. The van der Waals surface area contributed by atoms with Crippen molar-refractivity contribution in [2.75, 3.05) is 13.7 Å². The van der Waals surface area contributed by atoms with E-state index in [-0.39, 0.29) is 5.97 Å². The Morgan fingerprint density at radius 2 is 1.50 bits per heavy atom. The molecule has 1 rings (SSSR count). The summed E-state index contributed by atoms with van der Waals surface area (Å²) in [5.74, 6) is -0.101. The van der Waals surface area contributed by atoms with Gasteiger partial charge < -0.3 is 4.74 Å². The van der Waals surface area contributed by atoms with Crippen LogP contribution >= 0.6 is 0 Å². The molecule has 0 bridgehead atoms. The van der Waals surface area contributed by atoms with Gasteiger partial charge in [0.15, 0.2) is 0 Å². The van der Waals surface area contributed by atoms with Gasteiger partial charge in [-0.2, -0.15) is 0 Å². The summed E-state index contributed by atoms with van der Waals surface area (Å²) in [4.78, 5) is 12.3. The average molecular weight is 281 g/mol. The van der Waals surface area contributed by atoms with Crippen molar-refractivity contribution in [1.82, 2.24) is 5.32 Å². The summed E-state index contributed by atoms with van der Waals surface area (Å²) >= 11 is 0. The van der Waals surface area contributed by atoms with Gasteiger partial charge in [-0.15, -0.1) is 6.58 Å². The van der Waals surface area contributed by atoms with E-state index in [4.69, 9.17) is 4.74 Å². The second-order valence-electron chi connectivity index (χ2n) is 5.93. The summed E-state index contributed by atoms with van der Waals surface area (Å²) < 4.78 is 5.08. The maximum atomic E-state index is 12.3. The predicted molar refractivity (Wildman–Crippen MR) is 83.7 cm³/mol. The average Bonchev–Trinajstić information content (AvgIpc) is 2.46. The van der Waals surface area contributed by atoms with Crippen molar-refractivity contribution in [1.29, 1.82) is 0 Å². The van der Waals surface area contributed by atoms with Gasteiger partial charge in [-0.1, -0.05) is 63.9 Å². The van der Waals surface area contributed by atoms with Gasteiger partial charge in [0, 0.05) is 6.54 Å². The standard InChI is InChI=1S/C17H31NO2/c1-3-15-18-17(16(19)20-2)13-11-9-7-5-4-6-8-10-12-14-17/h3,18H,1,4-15H2,2H3. The van der Waals surface area contributed by atoms with Crippen molar-refractivity contribution in [2.24, 2.45) is 0 Å². The molecule has 0 spiro atoms. The van der Waals surface area contributed by atoms with Crippen LogP contribution in [-0.2, 0) is 9.53 Å². The fraction of sp³-hybridized carbons (Fsp3) is 0.824. The molecule has 1 aliphatic carbocycles. The van der Waals surface area contributed by atoms with E-state index in [9.17, 15) is 4.79 Å². The Kier molecular flexibility index (Phi) is 8.59. The molecule has 3 heteroatoms. The van der Waals surface area contributed by atoms with Gasteiger partial charge in [-0.25, -0.2) is 0 Å². The first-order valence-corrected chi connectivity index (χ1v) is 8.19. The zero-order valence-corrected chi connectivity index (χ0v) is 13.1. The molecule has 1 N–H and O–H groups in total. The Bertz CT molecular complexity index is 277. The van der Waals surface area contributed by atoms with Gasteiger partial charge in [-0.05, 0) is 12.8 Å². The Hall–Kier alpha value is -0.830. The Labute approximate surface area is 124 Å². The lowest BCUT2D eigenvalue weighted by atomic mass is 9.85. The highest BCUT2D eigenvalue weighted by Gasteiger charge is 2.37. The van der Waals surface area contributed by atoms with Crippen LogP contribution in [0.1, 0.15) is 70.6 Å². The highest BCUT2D eigenvalue weighted by molar-refractivity contribution is 5.80. The van der Waals surface area contributed by atoms with Crippen molar-refractivity contribution in [3.8, 4) is 0 Å². The van der Waals surface area contributed by atoms with E-state index in [2.05, 4.69) is 11.9 Å². The molecule has 0 heterocycles. The molecule has 116 valence electrons. The number of rotatable bonds is 4. The third kappa shape index (κ3) is 5.66. The maximum absolute atomic E-state index is 12.3. The molecule has 0 aromatic rings. The minimum Gasteiger partial charge on any atom is -0.468 e. The molecular formula is C17H31NO2. The molecule has 0 unspecified atom stereocenters. The molecule has 0 amide bonds. The number of hydrogen-bond donors (Lipinski definition) is 1. The van der Waals surface area contributed by atoms with E-state index < -0.39 is 5.54 Å². The number of ether oxygens (including phenoxy) is 1. The first kappa shape index (κ1) is 17.2. The molecule has 0 aromatic heterocycles. The molecule has 0 aliphatic heterocycles. The van der Waals surface area contributed by atoms with Crippen LogP contribution in [0.5, 0.6) is 0 Å². The van der Waals surface area contributed by atoms with Crippen LogP contribution in [0.25, 0.3) is 0 Å². The molecule has 0 radical (unpaired) electrons. The molecule has 1 aliphatic rings. The highest BCUT2D eigenvalue weighted by atomic mass is 16.5. The Morgan fingerprint density at radius 3 is 1.90 bits per heavy atom. The smallest absolute Gasteiger partial charge is 0.326 e. The second kappa shape index (κ2) is 9.98. The summed E-state index contributed by atoms with van der Waals surface area (Å²) in [5.41, 5.74) is -0.498. The molecule has 1 fully saturated rings. The fourth-order valence-electron chi connectivity index (χ4n) is 3.13. The third-order valence-corrected chi connectivity index (χ3v) is 4.37. The molecule has 20 heavy (non-hydrogen) atoms. The summed E-state index contributed by atoms with van der Waals surface area (Å²) in [5, 5.41) is 3.39. The number of carbonyl (C=O) groups is 1. The number of esters is 1. The lowest BCUT2D eigenvalue weighted by molar-refractivity contribution is -0.149. The van der Waals surface area contributed by atoms with Crippen LogP contribution in [0.15, 0.2) is 12.7 Å². The summed E-state index contributed by atoms with van der Waals surface area (Å²) in [6.45, 7) is 4.41. The Balaban J connectivity index is 2.70. The van der Waals surface area contributed by atoms with Gasteiger partial charge in [-0.3, -0.25) is 10.1 Å². The first-order chi connectivity index (χ1) is 9.75. The lowest BCUT2D eigenvalue weighted by Gasteiger charge is -2.32.